The van der Waals surface area contributed by atoms with Gasteiger partial charge in [0.15, 0.2) is 18.1 Å². The molecule has 134 valence electrons. The predicted octanol–water partition coefficient (Wildman–Crippen LogP) is 0.533. The van der Waals surface area contributed by atoms with Gasteiger partial charge in [0.05, 0.1) is 7.11 Å². The molecule has 1 aliphatic rings. The summed E-state index contributed by atoms with van der Waals surface area (Å²) < 4.78 is 10.6. The predicted molar refractivity (Wildman–Crippen MR) is 90.6 cm³/mol. The Hall–Kier alpha value is -3.03. The lowest BCUT2D eigenvalue weighted by molar-refractivity contribution is -0.141. The molecule has 0 aromatic heterocycles. The molecule has 3 N–H and O–H groups in total. The molecule has 25 heavy (non-hydrogen) atoms. The maximum Gasteiger partial charge on any atom is 0.327 e. The first-order chi connectivity index (χ1) is 12.0. The molecule has 0 radical (unpaired) electrons. The lowest BCUT2D eigenvalue weighted by atomic mass is 10.2. The van der Waals surface area contributed by atoms with Crippen LogP contribution < -0.4 is 25.6 Å². The summed E-state index contributed by atoms with van der Waals surface area (Å²) in [5.41, 5.74) is 5.09. The van der Waals surface area contributed by atoms with Gasteiger partial charge in [-0.15, -0.1) is 0 Å². The van der Waals surface area contributed by atoms with Gasteiger partial charge in [-0.2, -0.15) is 0 Å². The van der Waals surface area contributed by atoms with E-state index in [1.54, 1.807) is 12.1 Å². The third-order valence-electron chi connectivity index (χ3n) is 3.34. The zero-order chi connectivity index (χ0) is 18.2. The van der Waals surface area contributed by atoms with Gasteiger partial charge in [0, 0.05) is 6.04 Å². The van der Waals surface area contributed by atoms with Gasteiger partial charge in [-0.3, -0.25) is 25.2 Å². The van der Waals surface area contributed by atoms with Crippen LogP contribution in [-0.4, -0.2) is 37.5 Å². The lowest BCUT2D eigenvalue weighted by Gasteiger charge is -2.12. The number of rotatable bonds is 6. The number of hydrogen-bond acceptors (Lipinski definition) is 5. The molecule has 0 atom stereocenters. The monoisotopic (exact) mass is 347 g/mol. The van der Waals surface area contributed by atoms with Gasteiger partial charge in [-0.1, -0.05) is 18.2 Å². The number of nitrogens with one attached hydrogen (secondary N) is 3. The van der Waals surface area contributed by atoms with Crippen molar-refractivity contribution < 1.29 is 23.9 Å². The van der Waals surface area contributed by atoms with Gasteiger partial charge >= 0.3 is 11.8 Å². The van der Waals surface area contributed by atoms with Crippen LogP contribution in [0.1, 0.15) is 25.3 Å². The number of methoxy groups -OCH3 is 1. The van der Waals surface area contributed by atoms with Gasteiger partial charge in [0.25, 0.3) is 5.91 Å². The zero-order valence-corrected chi connectivity index (χ0v) is 14.1. The Morgan fingerprint density at radius 1 is 1.16 bits per heavy atom. The van der Waals surface area contributed by atoms with E-state index in [0.717, 1.165) is 18.4 Å². The maximum absolute atomic E-state index is 11.7. The van der Waals surface area contributed by atoms with E-state index in [2.05, 4.69) is 10.7 Å². The van der Waals surface area contributed by atoms with E-state index in [1.165, 1.54) is 7.11 Å². The number of carbonyl (C=O) groups excluding carboxylic acids is 3. The van der Waals surface area contributed by atoms with Crippen molar-refractivity contribution in [2.24, 2.45) is 0 Å². The molecular weight excluding hydrogens is 326 g/mol. The fourth-order valence-corrected chi connectivity index (χ4v) is 1.94. The molecule has 2 rings (SSSR count). The minimum atomic E-state index is -0.923. The van der Waals surface area contributed by atoms with Crippen molar-refractivity contribution in [3.8, 4) is 11.5 Å². The third kappa shape index (κ3) is 5.83. The molecule has 1 saturated carbocycles. The van der Waals surface area contributed by atoms with Crippen LogP contribution in [0.25, 0.3) is 6.08 Å². The first-order valence-electron chi connectivity index (χ1n) is 7.86. The number of hydrogen-bond donors (Lipinski definition) is 3. The van der Waals surface area contributed by atoms with E-state index in [0.29, 0.717) is 11.5 Å². The first-order valence-corrected chi connectivity index (χ1v) is 7.86. The highest BCUT2D eigenvalue weighted by Crippen LogP contribution is 2.28. The van der Waals surface area contributed by atoms with Crippen LogP contribution in [0.4, 0.5) is 0 Å². The normalized spacial score (nSPS) is 13.2. The largest absolute Gasteiger partial charge is 0.493 e. The Morgan fingerprint density at radius 2 is 1.92 bits per heavy atom. The Balaban J connectivity index is 1.79. The number of amides is 3. The van der Waals surface area contributed by atoms with Gasteiger partial charge in [0.1, 0.15) is 0 Å². The van der Waals surface area contributed by atoms with Gasteiger partial charge < -0.3 is 14.8 Å². The Labute approximate surface area is 145 Å². The topological polar surface area (TPSA) is 106 Å². The molecule has 1 aromatic rings. The summed E-state index contributed by atoms with van der Waals surface area (Å²) in [5.74, 6) is -1.43. The molecule has 8 nitrogen and oxygen atoms in total. The summed E-state index contributed by atoms with van der Waals surface area (Å²) in [6, 6.07) is 5.34. The van der Waals surface area contributed by atoms with Crippen LogP contribution in [0, 0.1) is 0 Å². The van der Waals surface area contributed by atoms with Crippen LogP contribution in [0.3, 0.4) is 0 Å². The highest BCUT2D eigenvalue weighted by Gasteiger charge is 2.26. The number of hydrazine groups is 1. The minimum absolute atomic E-state index is 0.0651. The summed E-state index contributed by atoms with van der Waals surface area (Å²) in [7, 11) is 1.50. The molecule has 1 aromatic carbocycles. The second-order valence-corrected chi connectivity index (χ2v) is 5.45. The molecule has 3 amide bonds. The van der Waals surface area contributed by atoms with Crippen molar-refractivity contribution in [3.63, 3.8) is 0 Å². The highest BCUT2D eigenvalue weighted by molar-refractivity contribution is 6.35. The molecule has 1 fully saturated rings. The number of benzene rings is 1. The number of carbonyl (C=O) groups is 3. The fraction of sp³-hybridized carbons (Fsp3) is 0.353. The van der Waals surface area contributed by atoms with Gasteiger partial charge in [0.2, 0.25) is 0 Å². The summed E-state index contributed by atoms with van der Waals surface area (Å²) in [6.07, 6.45) is 5.54. The van der Waals surface area contributed by atoms with Crippen molar-refractivity contribution in [1.82, 2.24) is 16.2 Å². The second-order valence-electron chi connectivity index (χ2n) is 5.45. The standard InChI is InChI=1S/C17H21N3O5/c1-3-4-11-5-8-13(14(9-11)24-2)25-10-15(21)19-20-17(23)16(22)18-12-6-7-12/h3-5,8-9,12H,6-7,10H2,1-2H3,(H,18,22)(H,19,21)(H,20,23)/b4-3+. The molecule has 0 saturated heterocycles. The summed E-state index contributed by atoms with van der Waals surface area (Å²) in [6.45, 7) is 1.56. The van der Waals surface area contributed by atoms with E-state index < -0.39 is 17.7 Å². The highest BCUT2D eigenvalue weighted by atomic mass is 16.5. The van der Waals surface area contributed by atoms with Crippen molar-refractivity contribution in [3.05, 3.63) is 29.8 Å². The second kappa shape index (κ2) is 8.72. The van der Waals surface area contributed by atoms with Crippen LogP contribution in [0.15, 0.2) is 24.3 Å². The smallest absolute Gasteiger partial charge is 0.327 e. The molecule has 0 bridgehead atoms. The van der Waals surface area contributed by atoms with Crippen LogP contribution >= 0.6 is 0 Å². The van der Waals surface area contributed by atoms with E-state index in [-0.39, 0.29) is 12.6 Å². The van der Waals surface area contributed by atoms with Crippen molar-refractivity contribution in [1.29, 1.82) is 0 Å². The van der Waals surface area contributed by atoms with E-state index in [4.69, 9.17) is 9.47 Å². The number of ether oxygens (including phenoxy) is 2. The van der Waals surface area contributed by atoms with E-state index >= 15 is 0 Å². The first kappa shape index (κ1) is 18.3. The molecule has 0 unspecified atom stereocenters. The molecular formula is C17H21N3O5. The SMILES string of the molecule is C/C=C/c1ccc(OCC(=O)NNC(=O)C(=O)NC2CC2)c(OC)c1. The molecule has 0 aliphatic heterocycles. The maximum atomic E-state index is 11.7. The average Bonchev–Trinajstić information content (AvgIpc) is 3.42. The van der Waals surface area contributed by atoms with E-state index in [1.807, 2.05) is 30.6 Å². The molecule has 8 heteroatoms. The van der Waals surface area contributed by atoms with Crippen LogP contribution in [0.5, 0.6) is 11.5 Å². The summed E-state index contributed by atoms with van der Waals surface area (Å²) in [5, 5.41) is 2.51. The third-order valence-corrected chi connectivity index (χ3v) is 3.34. The Morgan fingerprint density at radius 3 is 2.56 bits per heavy atom. The molecule has 0 heterocycles. The van der Waals surface area contributed by atoms with Crippen molar-refractivity contribution >= 4 is 23.8 Å². The minimum Gasteiger partial charge on any atom is -0.493 e. The number of allylic oxidation sites excluding steroid dienone is 1. The zero-order valence-electron chi connectivity index (χ0n) is 14.1. The molecule has 1 aliphatic carbocycles. The van der Waals surface area contributed by atoms with Crippen LogP contribution in [-0.2, 0) is 14.4 Å². The molecule has 0 spiro atoms. The van der Waals surface area contributed by atoms with Gasteiger partial charge in [-0.25, -0.2) is 0 Å². The van der Waals surface area contributed by atoms with Crippen LogP contribution in [0.2, 0.25) is 0 Å². The average molecular weight is 347 g/mol. The fourth-order valence-electron chi connectivity index (χ4n) is 1.94. The lowest BCUT2D eigenvalue weighted by Crippen LogP contribution is -2.50. The quantitative estimate of drug-likeness (QED) is 0.514. The van der Waals surface area contributed by atoms with Crippen molar-refractivity contribution in [2.45, 2.75) is 25.8 Å². The Bertz CT molecular complexity index is 683. The summed E-state index contributed by atoms with van der Waals surface area (Å²) in [4.78, 5) is 34.6. The van der Waals surface area contributed by atoms with E-state index in [9.17, 15) is 14.4 Å². The Kier molecular flexibility index (Phi) is 6.39. The van der Waals surface area contributed by atoms with Gasteiger partial charge in [-0.05, 0) is 37.5 Å². The summed E-state index contributed by atoms with van der Waals surface area (Å²) >= 11 is 0. The van der Waals surface area contributed by atoms with Crippen molar-refractivity contribution in [2.75, 3.05) is 13.7 Å².